The third-order valence-electron chi connectivity index (χ3n) is 6.37. The molecule has 2 aliphatic heterocycles. The molecule has 2 aromatic carbocycles. The van der Waals surface area contributed by atoms with E-state index in [1.807, 2.05) is 29.8 Å². The first-order valence-corrected chi connectivity index (χ1v) is 10.7. The van der Waals surface area contributed by atoms with Gasteiger partial charge in [0.1, 0.15) is 6.04 Å². The number of nitrogens with one attached hydrogen (secondary N) is 1. The summed E-state index contributed by atoms with van der Waals surface area (Å²) < 4.78 is 2.01. The second kappa shape index (κ2) is 7.44. The van der Waals surface area contributed by atoms with Crippen LogP contribution in [0.4, 0.5) is 0 Å². The summed E-state index contributed by atoms with van der Waals surface area (Å²) >= 11 is 0. The molecule has 2 aliphatic rings. The van der Waals surface area contributed by atoms with Crippen molar-refractivity contribution in [1.29, 1.82) is 0 Å². The third kappa shape index (κ3) is 3.21. The third-order valence-corrected chi connectivity index (χ3v) is 6.37. The highest BCUT2D eigenvalue weighted by molar-refractivity contribution is 6.05. The summed E-state index contributed by atoms with van der Waals surface area (Å²) in [5, 5.41) is 2.34. The minimum Gasteiger partial charge on any atom is -0.333 e. The number of imidazole rings is 1. The van der Waals surface area contributed by atoms with E-state index in [1.165, 1.54) is 11.1 Å². The van der Waals surface area contributed by atoms with Gasteiger partial charge < -0.3 is 9.47 Å². The average Bonchev–Trinajstić information content (AvgIpc) is 3.28. The van der Waals surface area contributed by atoms with Crippen molar-refractivity contribution in [2.24, 2.45) is 7.05 Å². The predicted molar refractivity (Wildman–Crippen MR) is 120 cm³/mol. The number of imide groups is 1. The second-order valence-electron chi connectivity index (χ2n) is 8.64. The molecule has 0 bridgehead atoms. The lowest BCUT2D eigenvalue weighted by Gasteiger charge is -2.29. The molecule has 1 N–H and O–H groups in total. The van der Waals surface area contributed by atoms with E-state index < -0.39 is 11.9 Å². The van der Waals surface area contributed by atoms with E-state index in [9.17, 15) is 14.4 Å². The van der Waals surface area contributed by atoms with Crippen LogP contribution in [0.1, 0.15) is 39.9 Å². The molecule has 3 aromatic rings. The van der Waals surface area contributed by atoms with Crippen molar-refractivity contribution in [2.75, 3.05) is 0 Å². The van der Waals surface area contributed by atoms with Crippen molar-refractivity contribution in [3.8, 4) is 22.5 Å². The number of amides is 3. The molecule has 1 fully saturated rings. The van der Waals surface area contributed by atoms with Crippen molar-refractivity contribution in [2.45, 2.75) is 39.3 Å². The Kier molecular flexibility index (Phi) is 4.69. The second-order valence-corrected chi connectivity index (χ2v) is 8.64. The fourth-order valence-corrected chi connectivity index (χ4v) is 4.76. The maximum Gasteiger partial charge on any atom is 0.255 e. The van der Waals surface area contributed by atoms with Crippen molar-refractivity contribution >= 4 is 17.7 Å². The highest BCUT2D eigenvalue weighted by atomic mass is 16.2. The topological polar surface area (TPSA) is 84.3 Å². The lowest BCUT2D eigenvalue weighted by Crippen LogP contribution is -2.52. The van der Waals surface area contributed by atoms with Crippen LogP contribution in [0.5, 0.6) is 0 Å². The summed E-state index contributed by atoms with van der Waals surface area (Å²) in [4.78, 5) is 43.0. The van der Waals surface area contributed by atoms with Crippen molar-refractivity contribution < 1.29 is 14.4 Å². The summed E-state index contributed by atoms with van der Waals surface area (Å²) in [6, 6.07) is 11.5. The van der Waals surface area contributed by atoms with Gasteiger partial charge in [0.05, 0.1) is 17.7 Å². The van der Waals surface area contributed by atoms with Crippen molar-refractivity contribution in [3.05, 3.63) is 65.0 Å². The zero-order valence-corrected chi connectivity index (χ0v) is 18.3. The van der Waals surface area contributed by atoms with E-state index in [4.69, 9.17) is 0 Å². The molecule has 7 heteroatoms. The van der Waals surface area contributed by atoms with Gasteiger partial charge in [-0.3, -0.25) is 19.7 Å². The van der Waals surface area contributed by atoms with E-state index in [1.54, 1.807) is 11.2 Å². The van der Waals surface area contributed by atoms with Crippen LogP contribution in [0.3, 0.4) is 0 Å². The number of aryl methyl sites for hydroxylation is 3. The summed E-state index contributed by atoms with van der Waals surface area (Å²) in [5.41, 5.74) is 7.78. The molecule has 32 heavy (non-hydrogen) atoms. The number of fused-ring (bicyclic) bond motifs is 1. The summed E-state index contributed by atoms with van der Waals surface area (Å²) in [7, 11) is 1.98. The van der Waals surface area contributed by atoms with Gasteiger partial charge in [0.15, 0.2) is 0 Å². The molecule has 5 rings (SSSR count). The number of nitrogens with zero attached hydrogens (tertiary/aromatic N) is 3. The van der Waals surface area contributed by atoms with E-state index in [-0.39, 0.29) is 18.2 Å². The van der Waals surface area contributed by atoms with Gasteiger partial charge in [-0.2, -0.15) is 0 Å². The SMILES string of the molecule is Cc1ccc(-c2c(-c3ccc4c(c3)CN(C3CCC(=O)NC3=O)C4=O)ncn2C)c(C)c1. The zero-order valence-electron chi connectivity index (χ0n) is 18.3. The van der Waals surface area contributed by atoms with Crippen LogP contribution in [0.2, 0.25) is 0 Å². The minimum atomic E-state index is -0.614. The molecular formula is C25H24N4O3. The number of carbonyl (C=O) groups is 3. The van der Waals surface area contributed by atoms with E-state index in [2.05, 4.69) is 42.3 Å². The Morgan fingerprint density at radius 3 is 2.56 bits per heavy atom. The molecule has 1 saturated heterocycles. The highest BCUT2D eigenvalue weighted by Gasteiger charge is 2.39. The average molecular weight is 428 g/mol. The molecule has 0 aliphatic carbocycles. The summed E-state index contributed by atoms with van der Waals surface area (Å²) in [5.74, 6) is -0.854. The molecule has 1 atom stereocenters. The number of hydrogen-bond acceptors (Lipinski definition) is 4. The van der Waals surface area contributed by atoms with Gasteiger partial charge >= 0.3 is 0 Å². The quantitative estimate of drug-likeness (QED) is 0.650. The lowest BCUT2D eigenvalue weighted by molar-refractivity contribution is -0.136. The van der Waals surface area contributed by atoms with Gasteiger partial charge in [0, 0.05) is 36.7 Å². The molecular weight excluding hydrogens is 404 g/mol. The smallest absolute Gasteiger partial charge is 0.255 e. The number of rotatable bonds is 3. The van der Waals surface area contributed by atoms with Crippen LogP contribution in [0, 0.1) is 13.8 Å². The van der Waals surface area contributed by atoms with E-state index in [0.717, 1.165) is 28.1 Å². The molecule has 0 radical (unpaired) electrons. The normalized spacial score (nSPS) is 18.2. The monoisotopic (exact) mass is 428 g/mol. The summed E-state index contributed by atoms with van der Waals surface area (Å²) in [6.07, 6.45) is 2.40. The number of piperidine rings is 1. The molecule has 0 spiro atoms. The standard InChI is InChI=1S/C25H24N4O3/c1-14-4-6-18(15(2)10-14)23-22(26-13-28(23)3)16-5-7-19-17(11-16)12-29(25(19)32)20-8-9-21(30)27-24(20)31/h4-7,10-11,13,20H,8-9,12H2,1-3H3,(H,27,30,31). The molecule has 0 saturated carbocycles. The predicted octanol–water partition coefficient (Wildman–Crippen LogP) is 3.13. The molecule has 3 amide bonds. The van der Waals surface area contributed by atoms with Gasteiger partial charge in [-0.15, -0.1) is 0 Å². The van der Waals surface area contributed by atoms with Gasteiger partial charge in [-0.05, 0) is 43.5 Å². The Balaban J connectivity index is 1.51. The van der Waals surface area contributed by atoms with E-state index in [0.29, 0.717) is 18.5 Å². The van der Waals surface area contributed by atoms with Crippen molar-refractivity contribution in [3.63, 3.8) is 0 Å². The minimum absolute atomic E-state index is 0.170. The Hall–Kier alpha value is -3.74. The Morgan fingerprint density at radius 2 is 1.81 bits per heavy atom. The fourth-order valence-electron chi connectivity index (χ4n) is 4.76. The van der Waals surface area contributed by atoms with Gasteiger partial charge in [-0.25, -0.2) is 4.98 Å². The van der Waals surface area contributed by atoms with Crippen LogP contribution in [-0.4, -0.2) is 38.2 Å². The first-order chi connectivity index (χ1) is 15.3. The van der Waals surface area contributed by atoms with Gasteiger partial charge in [0.2, 0.25) is 11.8 Å². The molecule has 1 aromatic heterocycles. The first kappa shape index (κ1) is 20.2. The Labute approximate surface area is 186 Å². The fraction of sp³-hybridized carbons (Fsp3) is 0.280. The Bertz CT molecular complexity index is 1290. The van der Waals surface area contributed by atoms with Crippen LogP contribution >= 0.6 is 0 Å². The van der Waals surface area contributed by atoms with E-state index >= 15 is 0 Å². The number of benzene rings is 2. The van der Waals surface area contributed by atoms with Gasteiger partial charge in [-0.1, -0.05) is 29.8 Å². The van der Waals surface area contributed by atoms with Gasteiger partial charge in [0.25, 0.3) is 5.91 Å². The highest BCUT2D eigenvalue weighted by Crippen LogP contribution is 2.36. The molecule has 3 heterocycles. The number of aromatic nitrogens is 2. The van der Waals surface area contributed by atoms with Crippen LogP contribution in [0.25, 0.3) is 22.5 Å². The van der Waals surface area contributed by atoms with Crippen LogP contribution < -0.4 is 5.32 Å². The first-order valence-electron chi connectivity index (χ1n) is 10.7. The van der Waals surface area contributed by atoms with Crippen LogP contribution in [0.15, 0.2) is 42.7 Å². The number of hydrogen-bond donors (Lipinski definition) is 1. The molecule has 1 unspecified atom stereocenters. The maximum atomic E-state index is 13.0. The molecule has 7 nitrogen and oxygen atoms in total. The molecule has 162 valence electrons. The van der Waals surface area contributed by atoms with Crippen LogP contribution in [-0.2, 0) is 23.2 Å². The lowest BCUT2D eigenvalue weighted by atomic mass is 9.97. The maximum absolute atomic E-state index is 13.0. The Morgan fingerprint density at radius 1 is 1.03 bits per heavy atom. The zero-order chi connectivity index (χ0) is 22.6. The number of carbonyl (C=O) groups excluding carboxylic acids is 3. The largest absolute Gasteiger partial charge is 0.333 e. The summed E-state index contributed by atoms with van der Waals surface area (Å²) in [6.45, 7) is 4.52. The van der Waals surface area contributed by atoms with Crippen molar-refractivity contribution in [1.82, 2.24) is 19.8 Å².